The summed E-state index contributed by atoms with van der Waals surface area (Å²) in [6.07, 6.45) is -3.03. The van der Waals surface area contributed by atoms with Crippen molar-refractivity contribution in [3.8, 4) is 0 Å². The summed E-state index contributed by atoms with van der Waals surface area (Å²) in [4.78, 5) is 15.8. The molecule has 1 amide bonds. The molecule has 0 aliphatic rings. The zero-order chi connectivity index (χ0) is 15.5. The number of alkyl halides is 3. The summed E-state index contributed by atoms with van der Waals surface area (Å²) in [6.45, 7) is 0. The highest BCUT2D eigenvalue weighted by Crippen LogP contribution is 2.29. The van der Waals surface area contributed by atoms with E-state index in [1.54, 1.807) is 6.07 Å². The van der Waals surface area contributed by atoms with Crippen LogP contribution in [0.3, 0.4) is 0 Å². The van der Waals surface area contributed by atoms with Crippen LogP contribution in [0.15, 0.2) is 42.6 Å². The fourth-order valence-corrected chi connectivity index (χ4v) is 1.58. The third-order valence-electron chi connectivity index (χ3n) is 2.63. The molecule has 0 radical (unpaired) electrons. The number of hydrogen-bond acceptors (Lipinski definition) is 4. The molecule has 0 bridgehead atoms. The van der Waals surface area contributed by atoms with E-state index in [9.17, 15) is 18.0 Å². The van der Waals surface area contributed by atoms with E-state index in [4.69, 9.17) is 5.84 Å². The maximum absolute atomic E-state index is 12.4. The Morgan fingerprint density at radius 3 is 2.33 bits per heavy atom. The van der Waals surface area contributed by atoms with Gasteiger partial charge < -0.3 is 10.7 Å². The monoisotopic (exact) mass is 296 g/mol. The first kappa shape index (κ1) is 14.8. The fraction of sp³-hybridized carbons (Fsp3) is 0.0769. The number of aromatic nitrogens is 1. The van der Waals surface area contributed by atoms with Crippen LogP contribution >= 0.6 is 0 Å². The van der Waals surface area contributed by atoms with Crippen molar-refractivity contribution in [1.29, 1.82) is 0 Å². The Kier molecular flexibility index (Phi) is 4.08. The highest BCUT2D eigenvalue weighted by molar-refractivity contribution is 6.03. The number of pyridine rings is 1. The number of nitrogen functional groups attached to an aromatic ring is 1. The van der Waals surface area contributed by atoms with Crippen LogP contribution in [0.1, 0.15) is 16.1 Å². The number of hydrazine groups is 1. The molecule has 1 heterocycles. The molecule has 0 aliphatic carbocycles. The molecule has 4 N–H and O–H groups in total. The van der Waals surface area contributed by atoms with Crippen molar-refractivity contribution in [2.45, 2.75) is 6.18 Å². The van der Waals surface area contributed by atoms with Gasteiger partial charge in [0.2, 0.25) is 0 Å². The zero-order valence-electron chi connectivity index (χ0n) is 10.6. The van der Waals surface area contributed by atoms with Crippen LogP contribution in [-0.4, -0.2) is 10.9 Å². The predicted molar refractivity (Wildman–Crippen MR) is 71.4 cm³/mol. The van der Waals surface area contributed by atoms with E-state index in [-0.39, 0.29) is 11.4 Å². The highest BCUT2D eigenvalue weighted by Gasteiger charge is 2.29. The lowest BCUT2D eigenvalue weighted by molar-refractivity contribution is -0.137. The first-order valence-electron chi connectivity index (χ1n) is 5.81. The number of hydrogen-bond donors (Lipinski definition) is 3. The lowest BCUT2D eigenvalue weighted by Crippen LogP contribution is -2.15. The van der Waals surface area contributed by atoms with Crippen molar-refractivity contribution in [3.63, 3.8) is 0 Å². The number of carbonyl (C=O) groups excluding carboxylic acids is 1. The van der Waals surface area contributed by atoms with Gasteiger partial charge in [-0.25, -0.2) is 0 Å². The van der Waals surface area contributed by atoms with Crippen molar-refractivity contribution in [2.24, 2.45) is 5.84 Å². The first-order valence-corrected chi connectivity index (χ1v) is 5.81. The van der Waals surface area contributed by atoms with Crippen LogP contribution in [0.4, 0.5) is 24.5 Å². The Morgan fingerprint density at radius 2 is 1.76 bits per heavy atom. The van der Waals surface area contributed by atoms with E-state index in [0.29, 0.717) is 5.69 Å². The molecule has 8 heteroatoms. The van der Waals surface area contributed by atoms with Crippen molar-refractivity contribution >= 4 is 17.3 Å². The van der Waals surface area contributed by atoms with E-state index in [1.807, 2.05) is 0 Å². The van der Waals surface area contributed by atoms with Crippen LogP contribution < -0.4 is 16.6 Å². The summed E-state index contributed by atoms with van der Waals surface area (Å²) in [5.41, 5.74) is 2.39. The summed E-state index contributed by atoms with van der Waals surface area (Å²) in [6, 6.07) is 7.10. The second-order valence-corrected chi connectivity index (χ2v) is 4.10. The number of halogens is 3. The molecule has 2 aromatic rings. The first-order chi connectivity index (χ1) is 9.90. The number of rotatable bonds is 3. The van der Waals surface area contributed by atoms with E-state index in [1.165, 1.54) is 24.4 Å². The molecule has 0 aliphatic heterocycles. The molecule has 0 saturated heterocycles. The topological polar surface area (TPSA) is 80.0 Å². The van der Waals surface area contributed by atoms with Gasteiger partial charge in [0.05, 0.1) is 11.3 Å². The molecule has 0 atom stereocenters. The third-order valence-corrected chi connectivity index (χ3v) is 2.63. The maximum atomic E-state index is 12.4. The van der Waals surface area contributed by atoms with Crippen LogP contribution in [0.2, 0.25) is 0 Å². The minimum absolute atomic E-state index is 0.0883. The van der Waals surface area contributed by atoms with Crippen LogP contribution in [0.5, 0.6) is 0 Å². The molecule has 0 spiro atoms. The number of anilines is 2. The van der Waals surface area contributed by atoms with Gasteiger partial charge in [0, 0.05) is 11.9 Å². The van der Waals surface area contributed by atoms with E-state index >= 15 is 0 Å². The lowest BCUT2D eigenvalue weighted by Gasteiger charge is -2.09. The smallest absolute Gasteiger partial charge is 0.324 e. The fourth-order valence-electron chi connectivity index (χ4n) is 1.58. The minimum Gasteiger partial charge on any atom is -0.324 e. The zero-order valence-corrected chi connectivity index (χ0v) is 10.6. The molecule has 1 aromatic heterocycles. The van der Waals surface area contributed by atoms with Gasteiger partial charge in [0.15, 0.2) is 0 Å². The average molecular weight is 296 g/mol. The summed E-state index contributed by atoms with van der Waals surface area (Å²) in [5, 5.41) is 2.45. The van der Waals surface area contributed by atoms with Crippen LogP contribution in [0, 0.1) is 0 Å². The van der Waals surface area contributed by atoms with Crippen LogP contribution in [-0.2, 0) is 6.18 Å². The molecule has 110 valence electrons. The Hall–Kier alpha value is -2.61. The standard InChI is InChI=1S/C13H11F3N4O/c14-13(15,16)8-1-3-9(4-2-8)19-12(21)11-7-10(20-17)5-6-18-11/h1-7H,17H2,(H,18,20)(H,19,21). The van der Waals surface area contributed by atoms with Gasteiger partial charge >= 0.3 is 6.18 Å². The number of carbonyl (C=O) groups is 1. The largest absolute Gasteiger partial charge is 0.416 e. The Bertz CT molecular complexity index is 641. The number of benzene rings is 1. The van der Waals surface area contributed by atoms with Crippen molar-refractivity contribution in [1.82, 2.24) is 4.98 Å². The summed E-state index contributed by atoms with van der Waals surface area (Å²) >= 11 is 0. The number of nitrogens with two attached hydrogens (primary N) is 1. The lowest BCUT2D eigenvalue weighted by atomic mass is 10.2. The average Bonchev–Trinajstić information content (AvgIpc) is 2.47. The maximum Gasteiger partial charge on any atom is 0.416 e. The normalized spacial score (nSPS) is 11.0. The second-order valence-electron chi connectivity index (χ2n) is 4.10. The van der Waals surface area contributed by atoms with E-state index in [0.717, 1.165) is 12.1 Å². The number of nitrogens with one attached hydrogen (secondary N) is 2. The number of amides is 1. The molecule has 21 heavy (non-hydrogen) atoms. The molecular formula is C13H11F3N4O. The highest BCUT2D eigenvalue weighted by atomic mass is 19.4. The van der Waals surface area contributed by atoms with E-state index in [2.05, 4.69) is 15.7 Å². The minimum atomic E-state index is -4.41. The van der Waals surface area contributed by atoms with Crippen LogP contribution in [0.25, 0.3) is 0 Å². The molecule has 1 aromatic carbocycles. The van der Waals surface area contributed by atoms with Crippen molar-refractivity contribution in [2.75, 3.05) is 10.7 Å². The van der Waals surface area contributed by atoms with Crippen molar-refractivity contribution in [3.05, 3.63) is 53.9 Å². The Labute approximate surface area is 118 Å². The van der Waals surface area contributed by atoms with Crippen molar-refractivity contribution < 1.29 is 18.0 Å². The summed E-state index contributed by atoms with van der Waals surface area (Å²) in [7, 11) is 0. The van der Waals surface area contributed by atoms with E-state index < -0.39 is 17.6 Å². The van der Waals surface area contributed by atoms with Gasteiger partial charge in [-0.15, -0.1) is 0 Å². The van der Waals surface area contributed by atoms with Gasteiger partial charge in [-0.3, -0.25) is 15.6 Å². The van der Waals surface area contributed by atoms with Gasteiger partial charge in [0.1, 0.15) is 5.69 Å². The Balaban J connectivity index is 2.12. The molecule has 0 saturated carbocycles. The van der Waals surface area contributed by atoms with Gasteiger partial charge in [0.25, 0.3) is 5.91 Å². The summed E-state index contributed by atoms with van der Waals surface area (Å²) < 4.78 is 37.2. The summed E-state index contributed by atoms with van der Waals surface area (Å²) in [5.74, 6) is 4.66. The van der Waals surface area contributed by atoms with Gasteiger partial charge in [-0.2, -0.15) is 13.2 Å². The molecule has 0 fully saturated rings. The number of nitrogens with zero attached hydrogens (tertiary/aromatic N) is 1. The Morgan fingerprint density at radius 1 is 1.10 bits per heavy atom. The third kappa shape index (κ3) is 3.69. The SMILES string of the molecule is NNc1ccnc(C(=O)Nc2ccc(C(F)(F)F)cc2)c1. The van der Waals surface area contributed by atoms with Gasteiger partial charge in [-0.05, 0) is 36.4 Å². The predicted octanol–water partition coefficient (Wildman–Crippen LogP) is 2.64. The second kappa shape index (κ2) is 5.80. The molecule has 2 rings (SSSR count). The molecule has 5 nitrogen and oxygen atoms in total. The molecular weight excluding hydrogens is 285 g/mol. The molecule has 0 unspecified atom stereocenters. The van der Waals surface area contributed by atoms with Gasteiger partial charge in [-0.1, -0.05) is 0 Å². The quantitative estimate of drug-likeness (QED) is 0.601.